The van der Waals surface area contributed by atoms with Crippen LogP contribution in [0.5, 0.6) is 0 Å². The highest BCUT2D eigenvalue weighted by Gasteiger charge is 2.34. The van der Waals surface area contributed by atoms with E-state index in [0.717, 1.165) is 23.8 Å². The maximum Gasteiger partial charge on any atom is 0.0220 e. The largest absolute Gasteiger partial charge is 0.312 e. The Morgan fingerprint density at radius 3 is 2.81 bits per heavy atom. The van der Waals surface area contributed by atoms with Gasteiger partial charge in [0.15, 0.2) is 0 Å². The van der Waals surface area contributed by atoms with Crippen molar-refractivity contribution in [2.24, 2.45) is 17.8 Å². The molecule has 2 fully saturated rings. The second-order valence-electron chi connectivity index (χ2n) is 6.03. The lowest BCUT2D eigenvalue weighted by molar-refractivity contribution is 0.228. The van der Waals surface area contributed by atoms with Gasteiger partial charge < -0.3 is 10.2 Å². The summed E-state index contributed by atoms with van der Waals surface area (Å²) in [5.74, 6) is 2.83. The van der Waals surface area contributed by atoms with Crippen LogP contribution in [0.1, 0.15) is 40.0 Å². The number of hydrogen-bond acceptors (Lipinski definition) is 2. The summed E-state index contributed by atoms with van der Waals surface area (Å²) in [6.45, 7) is 12.3. The van der Waals surface area contributed by atoms with E-state index in [1.165, 1.54) is 45.4 Å². The van der Waals surface area contributed by atoms with Crippen molar-refractivity contribution < 1.29 is 0 Å². The average Bonchev–Trinajstić information content (AvgIpc) is 3.01. The summed E-state index contributed by atoms with van der Waals surface area (Å²) < 4.78 is 0. The smallest absolute Gasteiger partial charge is 0.0220 e. The van der Waals surface area contributed by atoms with E-state index in [2.05, 4.69) is 31.0 Å². The summed E-state index contributed by atoms with van der Waals surface area (Å²) in [4.78, 5) is 2.71. The van der Waals surface area contributed by atoms with Crippen LogP contribution in [0.3, 0.4) is 0 Å². The molecule has 1 heterocycles. The van der Waals surface area contributed by atoms with Crippen molar-refractivity contribution in [2.45, 2.75) is 46.1 Å². The Morgan fingerprint density at radius 1 is 1.44 bits per heavy atom. The molecule has 1 aliphatic carbocycles. The molecular weight excluding hydrogens is 196 g/mol. The SMILES string of the molecule is CCC(C)C1CN(CC2CC2C)CCCN1. The van der Waals surface area contributed by atoms with E-state index in [-0.39, 0.29) is 0 Å². The first-order valence-electron chi connectivity index (χ1n) is 7.16. The lowest BCUT2D eigenvalue weighted by Crippen LogP contribution is -2.42. The van der Waals surface area contributed by atoms with Gasteiger partial charge >= 0.3 is 0 Å². The van der Waals surface area contributed by atoms with Crippen molar-refractivity contribution in [2.75, 3.05) is 26.2 Å². The summed E-state index contributed by atoms with van der Waals surface area (Å²) in [5.41, 5.74) is 0. The second-order valence-corrected chi connectivity index (χ2v) is 6.03. The Balaban J connectivity index is 1.82. The van der Waals surface area contributed by atoms with E-state index in [0.29, 0.717) is 0 Å². The fourth-order valence-corrected chi connectivity index (χ4v) is 2.84. The summed E-state index contributed by atoms with van der Waals surface area (Å²) in [7, 11) is 0. The molecular formula is C14H28N2. The quantitative estimate of drug-likeness (QED) is 0.788. The van der Waals surface area contributed by atoms with Gasteiger partial charge in [-0.1, -0.05) is 27.2 Å². The maximum absolute atomic E-state index is 3.73. The third-order valence-corrected chi connectivity index (χ3v) is 4.61. The zero-order chi connectivity index (χ0) is 11.5. The summed E-state index contributed by atoms with van der Waals surface area (Å²) in [6.07, 6.45) is 4.09. The molecule has 1 aliphatic heterocycles. The van der Waals surface area contributed by atoms with Crippen LogP contribution in [0, 0.1) is 17.8 Å². The van der Waals surface area contributed by atoms with Crippen molar-refractivity contribution in [3.8, 4) is 0 Å². The lowest BCUT2D eigenvalue weighted by Gasteiger charge is -2.28. The molecule has 0 amide bonds. The zero-order valence-corrected chi connectivity index (χ0v) is 11.2. The molecule has 4 atom stereocenters. The molecule has 16 heavy (non-hydrogen) atoms. The minimum absolute atomic E-state index is 0.724. The predicted octanol–water partition coefficient (Wildman–Crippen LogP) is 2.35. The van der Waals surface area contributed by atoms with E-state index in [1.807, 2.05) is 0 Å². The van der Waals surface area contributed by atoms with Crippen molar-refractivity contribution in [1.82, 2.24) is 10.2 Å². The standard InChI is InChI=1S/C14H28N2/c1-4-11(2)14-10-16(7-5-6-15-14)9-13-8-12(13)3/h11-15H,4-10H2,1-3H3. The molecule has 1 saturated heterocycles. The normalized spacial score (nSPS) is 38.1. The van der Waals surface area contributed by atoms with Gasteiger partial charge in [0, 0.05) is 19.1 Å². The Kier molecular flexibility index (Phi) is 4.26. The maximum atomic E-state index is 3.73. The van der Waals surface area contributed by atoms with Crippen LogP contribution in [0.4, 0.5) is 0 Å². The highest BCUT2D eigenvalue weighted by molar-refractivity contribution is 4.88. The third-order valence-electron chi connectivity index (χ3n) is 4.61. The number of nitrogens with one attached hydrogen (secondary N) is 1. The molecule has 94 valence electrons. The van der Waals surface area contributed by atoms with Crippen LogP contribution in [0.2, 0.25) is 0 Å². The number of hydrogen-bond donors (Lipinski definition) is 1. The average molecular weight is 224 g/mol. The van der Waals surface area contributed by atoms with E-state index in [1.54, 1.807) is 0 Å². The van der Waals surface area contributed by atoms with Crippen LogP contribution in [-0.2, 0) is 0 Å². The van der Waals surface area contributed by atoms with E-state index < -0.39 is 0 Å². The van der Waals surface area contributed by atoms with Crippen LogP contribution >= 0.6 is 0 Å². The molecule has 1 N–H and O–H groups in total. The van der Waals surface area contributed by atoms with Crippen LogP contribution in [-0.4, -0.2) is 37.1 Å². The summed E-state index contributed by atoms with van der Waals surface area (Å²) in [6, 6.07) is 0.724. The van der Waals surface area contributed by atoms with Gasteiger partial charge in [-0.15, -0.1) is 0 Å². The van der Waals surface area contributed by atoms with Crippen LogP contribution < -0.4 is 5.32 Å². The van der Waals surface area contributed by atoms with Crippen LogP contribution in [0.15, 0.2) is 0 Å². The van der Waals surface area contributed by atoms with Gasteiger partial charge in [0.25, 0.3) is 0 Å². The van der Waals surface area contributed by atoms with Gasteiger partial charge in [0.1, 0.15) is 0 Å². The lowest BCUT2D eigenvalue weighted by atomic mass is 9.99. The van der Waals surface area contributed by atoms with Crippen LogP contribution in [0.25, 0.3) is 0 Å². The molecule has 0 aromatic heterocycles. The fourth-order valence-electron chi connectivity index (χ4n) is 2.84. The molecule has 0 aromatic rings. The van der Waals surface area contributed by atoms with Gasteiger partial charge in [0.2, 0.25) is 0 Å². The monoisotopic (exact) mass is 224 g/mol. The number of nitrogens with zero attached hydrogens (tertiary/aromatic N) is 1. The fraction of sp³-hybridized carbons (Fsp3) is 1.00. The third kappa shape index (κ3) is 3.21. The summed E-state index contributed by atoms with van der Waals surface area (Å²) in [5, 5.41) is 3.73. The van der Waals surface area contributed by atoms with Gasteiger partial charge in [-0.05, 0) is 43.7 Å². The molecule has 2 nitrogen and oxygen atoms in total. The molecule has 0 spiro atoms. The topological polar surface area (TPSA) is 15.3 Å². The van der Waals surface area contributed by atoms with E-state index in [9.17, 15) is 0 Å². The van der Waals surface area contributed by atoms with Gasteiger partial charge in [-0.25, -0.2) is 0 Å². The van der Waals surface area contributed by atoms with E-state index in [4.69, 9.17) is 0 Å². The van der Waals surface area contributed by atoms with E-state index >= 15 is 0 Å². The van der Waals surface area contributed by atoms with Crippen molar-refractivity contribution in [1.29, 1.82) is 0 Å². The first-order chi connectivity index (χ1) is 7.70. The van der Waals surface area contributed by atoms with Gasteiger partial charge in [-0.2, -0.15) is 0 Å². The Labute approximate surface area is 101 Å². The minimum atomic E-state index is 0.724. The number of rotatable bonds is 4. The highest BCUT2D eigenvalue weighted by Crippen LogP contribution is 2.38. The van der Waals surface area contributed by atoms with Crippen molar-refractivity contribution in [3.05, 3.63) is 0 Å². The molecule has 0 radical (unpaired) electrons. The van der Waals surface area contributed by atoms with Crippen molar-refractivity contribution in [3.63, 3.8) is 0 Å². The van der Waals surface area contributed by atoms with Gasteiger partial charge in [0.05, 0.1) is 0 Å². The molecule has 2 rings (SSSR count). The summed E-state index contributed by atoms with van der Waals surface area (Å²) >= 11 is 0. The van der Waals surface area contributed by atoms with Gasteiger partial charge in [-0.3, -0.25) is 0 Å². The Bertz CT molecular complexity index is 217. The molecule has 1 saturated carbocycles. The van der Waals surface area contributed by atoms with Crippen molar-refractivity contribution >= 4 is 0 Å². The molecule has 2 aliphatic rings. The first kappa shape index (κ1) is 12.4. The minimum Gasteiger partial charge on any atom is -0.312 e. The second kappa shape index (κ2) is 5.50. The first-order valence-corrected chi connectivity index (χ1v) is 7.16. The Morgan fingerprint density at radius 2 is 2.19 bits per heavy atom. The molecule has 4 unspecified atom stereocenters. The Hall–Kier alpha value is -0.0800. The molecule has 0 bridgehead atoms. The highest BCUT2D eigenvalue weighted by atomic mass is 15.2. The molecule has 2 heteroatoms. The molecule has 0 aromatic carbocycles. The predicted molar refractivity (Wildman–Crippen MR) is 69.6 cm³/mol. The zero-order valence-electron chi connectivity index (χ0n) is 11.2.